The summed E-state index contributed by atoms with van der Waals surface area (Å²) in [4.78, 5) is 0. The zero-order chi connectivity index (χ0) is 17.2. The monoisotopic (exact) mass is 348 g/mol. The van der Waals surface area contributed by atoms with Crippen molar-refractivity contribution in [2.45, 2.75) is 18.0 Å². The second-order valence-corrected chi connectivity index (χ2v) is 7.53. The van der Waals surface area contributed by atoms with Gasteiger partial charge in [-0.15, -0.1) is 0 Å². The Labute approximate surface area is 141 Å². The number of nitrogens with zero attached hydrogens (tertiary/aromatic N) is 1. The van der Waals surface area contributed by atoms with Gasteiger partial charge in [-0.05, 0) is 31.3 Å². The number of para-hydroxylation sites is 3. The molecule has 0 bridgehead atoms. The molecule has 1 heterocycles. The standard InChI is InChI=1S/C17H20N2O4S/c1-18-12-14(20)11-17-23-16-10-6-5-9-15(16)19(24(17,21)22)13-7-3-2-4-8-13/h2-10,14,17-18,20H,11-12H2,1H3/t14-,17-/m0/s1. The molecule has 0 radical (unpaired) electrons. The summed E-state index contributed by atoms with van der Waals surface area (Å²) < 4.78 is 33.2. The lowest BCUT2D eigenvalue weighted by atomic mass is 10.2. The van der Waals surface area contributed by atoms with Gasteiger partial charge >= 0.3 is 0 Å². The first-order valence-electron chi connectivity index (χ1n) is 7.71. The van der Waals surface area contributed by atoms with Gasteiger partial charge in [-0.2, -0.15) is 0 Å². The molecule has 0 saturated heterocycles. The number of anilines is 2. The van der Waals surface area contributed by atoms with Crippen molar-refractivity contribution < 1.29 is 18.3 Å². The number of hydrogen-bond acceptors (Lipinski definition) is 5. The van der Waals surface area contributed by atoms with Gasteiger partial charge in [0.05, 0.1) is 17.5 Å². The normalized spacial score (nSPS) is 20.1. The van der Waals surface area contributed by atoms with Crippen LogP contribution in [-0.4, -0.2) is 38.7 Å². The number of hydrogen-bond donors (Lipinski definition) is 2. The van der Waals surface area contributed by atoms with Crippen molar-refractivity contribution in [1.82, 2.24) is 5.32 Å². The summed E-state index contributed by atoms with van der Waals surface area (Å²) in [5, 5.41) is 12.8. The molecule has 2 N–H and O–H groups in total. The third-order valence-electron chi connectivity index (χ3n) is 3.82. The summed E-state index contributed by atoms with van der Waals surface area (Å²) in [5.74, 6) is 0.484. The van der Waals surface area contributed by atoms with Gasteiger partial charge in [0.15, 0.2) is 0 Å². The minimum absolute atomic E-state index is 0.0131. The highest BCUT2D eigenvalue weighted by Gasteiger charge is 2.41. The van der Waals surface area contributed by atoms with Crippen LogP contribution in [0.1, 0.15) is 6.42 Å². The lowest BCUT2D eigenvalue weighted by Gasteiger charge is -2.36. The van der Waals surface area contributed by atoms with E-state index in [2.05, 4.69) is 5.32 Å². The lowest BCUT2D eigenvalue weighted by molar-refractivity contribution is 0.124. The summed E-state index contributed by atoms with van der Waals surface area (Å²) >= 11 is 0. The van der Waals surface area contributed by atoms with Crippen LogP contribution in [0.25, 0.3) is 0 Å². The number of aliphatic hydroxyl groups excluding tert-OH is 1. The van der Waals surface area contributed by atoms with Gasteiger partial charge in [0, 0.05) is 13.0 Å². The third kappa shape index (κ3) is 3.10. The Morgan fingerprint density at radius 3 is 2.54 bits per heavy atom. The van der Waals surface area contributed by atoms with E-state index in [-0.39, 0.29) is 6.42 Å². The van der Waals surface area contributed by atoms with Crippen molar-refractivity contribution in [3.63, 3.8) is 0 Å². The van der Waals surface area contributed by atoms with Crippen molar-refractivity contribution in [2.75, 3.05) is 17.9 Å². The zero-order valence-electron chi connectivity index (χ0n) is 13.3. The van der Waals surface area contributed by atoms with Gasteiger partial charge in [-0.25, -0.2) is 12.7 Å². The average molecular weight is 348 g/mol. The van der Waals surface area contributed by atoms with Gasteiger partial charge in [0.25, 0.3) is 10.0 Å². The van der Waals surface area contributed by atoms with Crippen molar-refractivity contribution in [3.05, 3.63) is 54.6 Å². The van der Waals surface area contributed by atoms with Crippen LogP contribution < -0.4 is 14.4 Å². The van der Waals surface area contributed by atoms with Gasteiger partial charge < -0.3 is 15.2 Å². The van der Waals surface area contributed by atoms with Gasteiger partial charge in [0.2, 0.25) is 5.44 Å². The second kappa shape index (κ2) is 6.80. The Morgan fingerprint density at radius 2 is 1.83 bits per heavy atom. The minimum Gasteiger partial charge on any atom is -0.470 e. The molecule has 128 valence electrons. The number of nitrogens with one attached hydrogen (secondary N) is 1. The Hall–Kier alpha value is -2.09. The highest BCUT2D eigenvalue weighted by atomic mass is 32.2. The van der Waals surface area contributed by atoms with Crippen LogP contribution in [0.5, 0.6) is 5.75 Å². The van der Waals surface area contributed by atoms with Crippen molar-refractivity contribution in [3.8, 4) is 5.75 Å². The summed E-state index contributed by atoms with van der Waals surface area (Å²) in [7, 11) is -2.12. The molecule has 1 aliphatic heterocycles. The number of sulfonamides is 1. The fourth-order valence-corrected chi connectivity index (χ4v) is 4.51. The Kier molecular flexibility index (Phi) is 4.75. The fourth-order valence-electron chi connectivity index (χ4n) is 2.74. The average Bonchev–Trinajstić information content (AvgIpc) is 2.56. The number of likely N-dealkylation sites (N-methyl/N-ethyl adjacent to an activating group) is 1. The van der Waals surface area contributed by atoms with Crippen LogP contribution in [0.15, 0.2) is 54.6 Å². The SMILES string of the molecule is CNC[C@@H](O)C[C@H]1Oc2ccccc2N(c2ccccc2)S1(=O)=O. The molecule has 0 fully saturated rings. The van der Waals surface area contributed by atoms with E-state index in [9.17, 15) is 13.5 Å². The maximum absolute atomic E-state index is 13.1. The number of benzene rings is 2. The van der Waals surface area contributed by atoms with Gasteiger partial charge in [-0.1, -0.05) is 30.3 Å². The van der Waals surface area contributed by atoms with E-state index in [1.807, 2.05) is 6.07 Å². The molecule has 0 aliphatic carbocycles. The van der Waals surface area contributed by atoms with E-state index in [4.69, 9.17) is 4.74 Å². The maximum Gasteiger partial charge on any atom is 0.278 e. The molecule has 2 aromatic rings. The molecule has 3 rings (SSSR count). The molecular formula is C17H20N2O4S. The zero-order valence-corrected chi connectivity index (χ0v) is 14.1. The van der Waals surface area contributed by atoms with Crippen LogP contribution in [-0.2, 0) is 10.0 Å². The van der Waals surface area contributed by atoms with Crippen LogP contribution in [0, 0.1) is 0 Å². The van der Waals surface area contributed by atoms with Crippen LogP contribution in [0.3, 0.4) is 0 Å². The molecular weight excluding hydrogens is 328 g/mol. The molecule has 0 saturated carbocycles. The van der Waals surface area contributed by atoms with Crippen LogP contribution >= 0.6 is 0 Å². The van der Waals surface area contributed by atoms with E-state index in [1.54, 1.807) is 55.6 Å². The molecule has 0 aromatic heterocycles. The van der Waals surface area contributed by atoms with Crippen molar-refractivity contribution in [2.24, 2.45) is 0 Å². The van der Waals surface area contributed by atoms with Crippen LogP contribution in [0.4, 0.5) is 11.4 Å². The van der Waals surface area contributed by atoms with Crippen molar-refractivity contribution in [1.29, 1.82) is 0 Å². The molecule has 7 heteroatoms. The van der Waals surface area contributed by atoms with Crippen molar-refractivity contribution >= 4 is 21.4 Å². The molecule has 24 heavy (non-hydrogen) atoms. The van der Waals surface area contributed by atoms with E-state index in [1.165, 1.54) is 4.31 Å². The quantitative estimate of drug-likeness (QED) is 0.862. The molecule has 6 nitrogen and oxygen atoms in total. The first-order valence-corrected chi connectivity index (χ1v) is 9.22. The van der Waals surface area contributed by atoms with E-state index >= 15 is 0 Å². The highest BCUT2D eigenvalue weighted by molar-refractivity contribution is 7.93. The number of rotatable bonds is 5. The molecule has 0 unspecified atom stereocenters. The molecule has 0 amide bonds. The summed E-state index contributed by atoms with van der Waals surface area (Å²) in [5.41, 5.74) is -0.125. The highest BCUT2D eigenvalue weighted by Crippen LogP contribution is 2.42. The fraction of sp³-hybridized carbons (Fsp3) is 0.294. The predicted octanol–water partition coefficient (Wildman–Crippen LogP) is 1.84. The largest absolute Gasteiger partial charge is 0.470 e. The molecule has 0 spiro atoms. The number of aliphatic hydroxyl groups is 1. The second-order valence-electron chi connectivity index (χ2n) is 5.61. The summed E-state index contributed by atoms with van der Waals surface area (Å²) in [6.45, 7) is 0.294. The first-order chi connectivity index (χ1) is 11.5. The van der Waals surface area contributed by atoms with Crippen LogP contribution in [0.2, 0.25) is 0 Å². The van der Waals surface area contributed by atoms with E-state index in [0.29, 0.717) is 23.7 Å². The molecule has 1 aliphatic rings. The predicted molar refractivity (Wildman–Crippen MR) is 92.9 cm³/mol. The summed E-state index contributed by atoms with van der Waals surface area (Å²) in [6, 6.07) is 15.9. The maximum atomic E-state index is 13.1. The molecule has 2 aromatic carbocycles. The third-order valence-corrected chi connectivity index (χ3v) is 5.69. The molecule has 2 atom stereocenters. The lowest BCUT2D eigenvalue weighted by Crippen LogP contribution is -2.45. The van der Waals surface area contributed by atoms with E-state index in [0.717, 1.165) is 0 Å². The number of ether oxygens (including phenoxy) is 1. The topological polar surface area (TPSA) is 78.9 Å². The first kappa shape index (κ1) is 16.8. The summed E-state index contributed by atoms with van der Waals surface area (Å²) in [6.07, 6.45) is -0.835. The Balaban J connectivity index is 2.05. The van der Waals surface area contributed by atoms with E-state index < -0.39 is 21.6 Å². The Bertz CT molecular complexity index is 795. The minimum atomic E-state index is -3.82. The Morgan fingerprint density at radius 1 is 1.17 bits per heavy atom. The number of fused-ring (bicyclic) bond motifs is 1. The smallest absolute Gasteiger partial charge is 0.278 e. The van der Waals surface area contributed by atoms with Gasteiger partial charge in [0.1, 0.15) is 5.75 Å². The van der Waals surface area contributed by atoms with Gasteiger partial charge in [-0.3, -0.25) is 0 Å².